The highest BCUT2D eigenvalue weighted by molar-refractivity contribution is 9.10. The number of hydrogen-bond acceptors (Lipinski definition) is 7. The SMILES string of the molecule is CC(C)NS(=O)(=O)c1cccc(Cc2nc(Nc3ccc(N4CCNCC4)cc3)ncc2Br)c1. The molecule has 0 radical (unpaired) electrons. The average Bonchev–Trinajstić information content (AvgIpc) is 2.82. The average molecular weight is 546 g/mol. The number of hydrogen-bond donors (Lipinski definition) is 3. The Hall–Kier alpha value is -2.53. The highest BCUT2D eigenvalue weighted by Gasteiger charge is 2.16. The number of nitrogens with one attached hydrogen (secondary N) is 3. The number of piperazine rings is 1. The van der Waals surface area contributed by atoms with Crippen LogP contribution in [-0.4, -0.2) is 50.6 Å². The van der Waals surface area contributed by atoms with Gasteiger partial charge in [-0.2, -0.15) is 0 Å². The Morgan fingerprint density at radius 3 is 2.56 bits per heavy atom. The van der Waals surface area contributed by atoms with E-state index < -0.39 is 10.0 Å². The summed E-state index contributed by atoms with van der Waals surface area (Å²) >= 11 is 3.52. The van der Waals surface area contributed by atoms with Crippen LogP contribution in [0.3, 0.4) is 0 Å². The minimum Gasteiger partial charge on any atom is -0.369 e. The van der Waals surface area contributed by atoms with Gasteiger partial charge in [0.1, 0.15) is 0 Å². The maximum Gasteiger partial charge on any atom is 0.240 e. The van der Waals surface area contributed by atoms with Crippen LogP contribution in [-0.2, 0) is 16.4 Å². The van der Waals surface area contributed by atoms with Crippen molar-refractivity contribution in [1.29, 1.82) is 0 Å². The quantitative estimate of drug-likeness (QED) is 0.397. The first-order chi connectivity index (χ1) is 16.3. The molecule has 0 aliphatic carbocycles. The van der Waals surface area contributed by atoms with E-state index in [1.807, 2.05) is 18.2 Å². The molecule has 180 valence electrons. The third-order valence-electron chi connectivity index (χ3n) is 5.39. The van der Waals surface area contributed by atoms with Gasteiger partial charge in [-0.3, -0.25) is 0 Å². The summed E-state index contributed by atoms with van der Waals surface area (Å²) in [6.07, 6.45) is 2.17. The van der Waals surface area contributed by atoms with Crippen LogP contribution in [0.5, 0.6) is 0 Å². The van der Waals surface area contributed by atoms with Gasteiger partial charge in [0.15, 0.2) is 0 Å². The molecule has 2 aromatic carbocycles. The highest BCUT2D eigenvalue weighted by atomic mass is 79.9. The van der Waals surface area contributed by atoms with Crippen molar-refractivity contribution in [2.45, 2.75) is 31.2 Å². The van der Waals surface area contributed by atoms with Crippen molar-refractivity contribution >= 4 is 43.3 Å². The maximum atomic E-state index is 12.5. The molecule has 0 bridgehead atoms. The number of benzene rings is 2. The van der Waals surface area contributed by atoms with Gasteiger partial charge in [-0.1, -0.05) is 12.1 Å². The molecule has 0 amide bonds. The Morgan fingerprint density at radius 2 is 1.85 bits per heavy atom. The lowest BCUT2D eigenvalue weighted by Gasteiger charge is -2.29. The lowest BCUT2D eigenvalue weighted by Crippen LogP contribution is -2.43. The second-order valence-corrected chi connectivity index (χ2v) is 11.1. The van der Waals surface area contributed by atoms with Crippen molar-refractivity contribution in [1.82, 2.24) is 20.0 Å². The molecule has 34 heavy (non-hydrogen) atoms. The molecule has 8 nitrogen and oxygen atoms in total. The molecule has 0 unspecified atom stereocenters. The zero-order chi connectivity index (χ0) is 24.1. The monoisotopic (exact) mass is 544 g/mol. The first-order valence-corrected chi connectivity index (χ1v) is 13.5. The molecule has 1 aliphatic rings. The lowest BCUT2D eigenvalue weighted by molar-refractivity contribution is 0.569. The van der Waals surface area contributed by atoms with Gasteiger partial charge in [0.2, 0.25) is 16.0 Å². The first-order valence-electron chi connectivity index (χ1n) is 11.3. The van der Waals surface area contributed by atoms with Gasteiger partial charge in [0.25, 0.3) is 0 Å². The molecule has 0 spiro atoms. The fraction of sp³-hybridized carbons (Fsp3) is 0.333. The third-order valence-corrected chi connectivity index (χ3v) is 7.71. The Kier molecular flexibility index (Phi) is 7.82. The van der Waals surface area contributed by atoms with Crippen LogP contribution in [0.2, 0.25) is 0 Å². The second-order valence-electron chi connectivity index (χ2n) is 8.50. The number of rotatable bonds is 8. The summed E-state index contributed by atoms with van der Waals surface area (Å²) in [6.45, 7) is 7.60. The van der Waals surface area contributed by atoms with Crippen molar-refractivity contribution in [3.8, 4) is 0 Å². The fourth-order valence-electron chi connectivity index (χ4n) is 3.79. The van der Waals surface area contributed by atoms with E-state index in [-0.39, 0.29) is 10.9 Å². The van der Waals surface area contributed by atoms with Crippen LogP contribution >= 0.6 is 15.9 Å². The molecule has 1 fully saturated rings. The molecule has 0 saturated carbocycles. The Morgan fingerprint density at radius 1 is 1.12 bits per heavy atom. The summed E-state index contributed by atoms with van der Waals surface area (Å²) in [5.74, 6) is 0.485. The summed E-state index contributed by atoms with van der Waals surface area (Å²) in [5.41, 5.74) is 3.71. The van der Waals surface area contributed by atoms with E-state index in [1.54, 1.807) is 38.2 Å². The van der Waals surface area contributed by atoms with Gasteiger partial charge in [0.05, 0.1) is 15.1 Å². The Balaban J connectivity index is 1.48. The standard InChI is InChI=1S/C24H29BrN6O2S/c1-17(2)30-34(32,33)21-5-3-4-18(14-21)15-23-22(25)16-27-24(29-23)28-19-6-8-20(9-7-19)31-12-10-26-11-13-31/h3-9,14,16-17,26,30H,10-13,15H2,1-2H3,(H,27,28,29). The van der Waals surface area contributed by atoms with Gasteiger partial charge in [-0.25, -0.2) is 23.1 Å². The number of sulfonamides is 1. The van der Waals surface area contributed by atoms with Crippen LogP contribution in [0.15, 0.2) is 64.1 Å². The number of aromatic nitrogens is 2. The Labute approximate surface area is 209 Å². The summed E-state index contributed by atoms with van der Waals surface area (Å²) in [4.78, 5) is 11.6. The fourth-order valence-corrected chi connectivity index (χ4v) is 5.44. The molecule has 1 saturated heterocycles. The minimum absolute atomic E-state index is 0.177. The summed E-state index contributed by atoms with van der Waals surface area (Å²) in [5, 5.41) is 6.63. The molecule has 3 aromatic rings. The topological polar surface area (TPSA) is 99.2 Å². The van der Waals surface area contributed by atoms with E-state index in [0.29, 0.717) is 12.4 Å². The van der Waals surface area contributed by atoms with Gasteiger partial charge in [-0.15, -0.1) is 0 Å². The zero-order valence-electron chi connectivity index (χ0n) is 19.3. The number of halogens is 1. The molecular weight excluding hydrogens is 516 g/mol. The number of anilines is 3. The first kappa shape index (κ1) is 24.6. The van der Waals surface area contributed by atoms with Crippen molar-refractivity contribution in [2.24, 2.45) is 0 Å². The minimum atomic E-state index is -3.56. The van der Waals surface area contributed by atoms with Gasteiger partial charge in [0, 0.05) is 56.2 Å². The molecule has 4 rings (SSSR count). The van der Waals surface area contributed by atoms with Gasteiger partial charge >= 0.3 is 0 Å². The van der Waals surface area contributed by atoms with Crippen LogP contribution < -0.4 is 20.3 Å². The molecular formula is C24H29BrN6O2S. The van der Waals surface area contributed by atoms with E-state index in [9.17, 15) is 8.42 Å². The molecule has 1 aliphatic heterocycles. The molecule has 10 heteroatoms. The van der Waals surface area contributed by atoms with Crippen LogP contribution in [0.4, 0.5) is 17.3 Å². The predicted octanol–water partition coefficient (Wildman–Crippen LogP) is 3.67. The largest absolute Gasteiger partial charge is 0.369 e. The number of nitrogens with zero attached hydrogens (tertiary/aromatic N) is 3. The van der Waals surface area contributed by atoms with Gasteiger partial charge < -0.3 is 15.5 Å². The van der Waals surface area contributed by atoms with E-state index in [1.165, 1.54) is 5.69 Å². The van der Waals surface area contributed by atoms with Crippen molar-refractivity contribution < 1.29 is 8.42 Å². The second kappa shape index (κ2) is 10.8. The smallest absolute Gasteiger partial charge is 0.240 e. The van der Waals surface area contributed by atoms with E-state index in [2.05, 4.69) is 58.3 Å². The van der Waals surface area contributed by atoms with E-state index >= 15 is 0 Å². The van der Waals surface area contributed by atoms with Crippen molar-refractivity contribution in [3.63, 3.8) is 0 Å². The lowest BCUT2D eigenvalue weighted by atomic mass is 10.1. The molecule has 0 atom stereocenters. The van der Waals surface area contributed by atoms with Gasteiger partial charge in [-0.05, 0) is 71.7 Å². The molecule has 2 heterocycles. The van der Waals surface area contributed by atoms with Crippen LogP contribution in [0.1, 0.15) is 25.1 Å². The van der Waals surface area contributed by atoms with Crippen LogP contribution in [0.25, 0.3) is 0 Å². The predicted molar refractivity (Wildman–Crippen MR) is 139 cm³/mol. The molecule has 3 N–H and O–H groups in total. The highest BCUT2D eigenvalue weighted by Crippen LogP contribution is 2.23. The third kappa shape index (κ3) is 6.32. The summed E-state index contributed by atoms with van der Waals surface area (Å²) in [6, 6.07) is 15.0. The van der Waals surface area contributed by atoms with E-state index in [0.717, 1.165) is 47.6 Å². The zero-order valence-corrected chi connectivity index (χ0v) is 21.7. The van der Waals surface area contributed by atoms with Crippen molar-refractivity contribution in [3.05, 3.63) is 70.5 Å². The molecule has 1 aromatic heterocycles. The Bertz CT molecular complexity index is 1230. The van der Waals surface area contributed by atoms with Crippen molar-refractivity contribution in [2.75, 3.05) is 36.4 Å². The van der Waals surface area contributed by atoms with E-state index in [4.69, 9.17) is 0 Å². The maximum absolute atomic E-state index is 12.5. The van der Waals surface area contributed by atoms with Crippen LogP contribution in [0, 0.1) is 0 Å². The summed E-state index contributed by atoms with van der Waals surface area (Å²) < 4.78 is 28.5. The summed E-state index contributed by atoms with van der Waals surface area (Å²) in [7, 11) is -3.56. The normalized spacial score (nSPS) is 14.4.